The van der Waals surface area contributed by atoms with Crippen LogP contribution in [0.4, 0.5) is 0 Å². The second-order valence-electron chi connectivity index (χ2n) is 7.70. The number of carbonyl (C=O) groups excluding carboxylic acids is 1. The van der Waals surface area contributed by atoms with Gasteiger partial charge in [-0.1, -0.05) is 6.08 Å². The lowest BCUT2D eigenvalue weighted by molar-refractivity contribution is -0.153. The largest absolute Gasteiger partial charge is 0.462 e. The normalized spacial score (nSPS) is 32.7. The Bertz CT molecular complexity index is 869. The van der Waals surface area contributed by atoms with Crippen LogP contribution in [-0.2, 0) is 19.0 Å². The van der Waals surface area contributed by atoms with E-state index in [1.54, 1.807) is 32.9 Å². The van der Waals surface area contributed by atoms with Crippen LogP contribution in [0.25, 0.3) is 0 Å². The van der Waals surface area contributed by atoms with E-state index in [-0.39, 0.29) is 19.6 Å². The van der Waals surface area contributed by atoms with Gasteiger partial charge in [-0.15, -0.1) is 0 Å². The molecule has 3 rings (SSSR count). The smallest absolute Gasteiger partial charge is 0.330 e. The van der Waals surface area contributed by atoms with E-state index in [1.165, 1.54) is 10.8 Å². The molecule has 0 aliphatic carbocycles. The quantitative estimate of drug-likeness (QED) is 0.552. The first-order chi connectivity index (χ1) is 12.6. The van der Waals surface area contributed by atoms with E-state index < -0.39 is 40.8 Å². The minimum Gasteiger partial charge on any atom is -0.462 e. The third-order valence-electron chi connectivity index (χ3n) is 4.64. The van der Waals surface area contributed by atoms with Gasteiger partial charge >= 0.3 is 11.7 Å². The number of hydrogen-bond acceptors (Lipinski definition) is 7. The van der Waals surface area contributed by atoms with Crippen molar-refractivity contribution in [3.05, 3.63) is 44.8 Å². The molecule has 9 nitrogen and oxygen atoms in total. The Morgan fingerprint density at radius 3 is 2.81 bits per heavy atom. The molecular formula is C18H24N2O7. The summed E-state index contributed by atoms with van der Waals surface area (Å²) in [5, 5.41) is 9.99. The Kier molecular flexibility index (Phi) is 5.11. The highest BCUT2D eigenvalue weighted by Gasteiger charge is 2.44. The Hall–Kier alpha value is -2.23. The number of esters is 1. The van der Waals surface area contributed by atoms with Gasteiger partial charge in [-0.3, -0.25) is 19.1 Å². The average molecular weight is 380 g/mol. The highest BCUT2D eigenvalue weighted by atomic mass is 16.6. The summed E-state index contributed by atoms with van der Waals surface area (Å²) in [5.74, 6) is -0.451. The molecule has 0 amide bonds. The van der Waals surface area contributed by atoms with E-state index >= 15 is 0 Å². The maximum absolute atomic E-state index is 12.1. The Morgan fingerprint density at radius 2 is 2.15 bits per heavy atom. The molecule has 2 aliphatic rings. The summed E-state index contributed by atoms with van der Waals surface area (Å²) < 4.78 is 17.8. The predicted molar refractivity (Wildman–Crippen MR) is 94.3 cm³/mol. The minimum atomic E-state index is -0.943. The maximum Gasteiger partial charge on any atom is 0.330 e. The standard InChI is InChI=1S/C18H24N2O7/c1-11-7-20(16(23)19-15(11)22)13-5-4-12(27-13)8-25-14(21)6-18(3)9-17(2,24)10-26-18/h4-5,7,12-13,24H,6,8-10H2,1-3H3,(H,19,22,23)/t12-,13+,17-,18?/m0/s1. The van der Waals surface area contributed by atoms with Crippen molar-refractivity contribution in [1.82, 2.24) is 9.55 Å². The van der Waals surface area contributed by atoms with Crippen molar-refractivity contribution in [3.63, 3.8) is 0 Å². The van der Waals surface area contributed by atoms with Crippen LogP contribution in [0.3, 0.4) is 0 Å². The van der Waals surface area contributed by atoms with Gasteiger partial charge < -0.3 is 19.3 Å². The van der Waals surface area contributed by atoms with Crippen molar-refractivity contribution >= 4 is 5.97 Å². The van der Waals surface area contributed by atoms with Crippen molar-refractivity contribution in [2.24, 2.45) is 0 Å². The zero-order valence-corrected chi connectivity index (χ0v) is 15.6. The van der Waals surface area contributed by atoms with E-state index in [1.807, 2.05) is 0 Å². The van der Waals surface area contributed by atoms with Crippen LogP contribution in [0.5, 0.6) is 0 Å². The third kappa shape index (κ3) is 4.55. The molecule has 2 aliphatic heterocycles. The van der Waals surface area contributed by atoms with Crippen molar-refractivity contribution < 1.29 is 24.1 Å². The van der Waals surface area contributed by atoms with Gasteiger partial charge in [0.1, 0.15) is 12.7 Å². The van der Waals surface area contributed by atoms with Gasteiger partial charge in [-0.25, -0.2) is 4.79 Å². The molecule has 9 heteroatoms. The molecule has 4 atom stereocenters. The van der Waals surface area contributed by atoms with Crippen molar-refractivity contribution in [2.75, 3.05) is 13.2 Å². The predicted octanol–water partition coefficient (Wildman–Crippen LogP) is 0.162. The van der Waals surface area contributed by atoms with Gasteiger partial charge in [0.2, 0.25) is 0 Å². The number of hydrogen-bond donors (Lipinski definition) is 2. The fraction of sp³-hybridized carbons (Fsp3) is 0.611. The molecular weight excluding hydrogens is 356 g/mol. The van der Waals surface area contributed by atoms with Crippen LogP contribution in [0, 0.1) is 6.92 Å². The molecule has 1 saturated heterocycles. The first-order valence-electron chi connectivity index (χ1n) is 8.75. The van der Waals surface area contributed by atoms with Gasteiger partial charge in [0.05, 0.1) is 24.2 Å². The van der Waals surface area contributed by atoms with E-state index in [0.29, 0.717) is 12.0 Å². The lowest BCUT2D eigenvalue weighted by atomic mass is 9.91. The summed E-state index contributed by atoms with van der Waals surface area (Å²) in [7, 11) is 0. The lowest BCUT2D eigenvalue weighted by Gasteiger charge is -2.23. The molecule has 2 N–H and O–H groups in total. The number of aliphatic hydroxyl groups is 1. The van der Waals surface area contributed by atoms with Crippen LogP contribution < -0.4 is 11.2 Å². The minimum absolute atomic E-state index is 0.00457. The molecule has 148 valence electrons. The number of aromatic amines is 1. The molecule has 0 bridgehead atoms. The summed E-state index contributed by atoms with van der Waals surface area (Å²) in [6.45, 7) is 5.20. The van der Waals surface area contributed by atoms with Crippen molar-refractivity contribution in [1.29, 1.82) is 0 Å². The van der Waals surface area contributed by atoms with Gasteiger partial charge in [0, 0.05) is 18.2 Å². The van der Waals surface area contributed by atoms with E-state index in [0.717, 1.165) is 0 Å². The summed E-state index contributed by atoms with van der Waals surface area (Å²) >= 11 is 0. The van der Waals surface area contributed by atoms with Gasteiger partial charge in [0.25, 0.3) is 5.56 Å². The number of carbonyl (C=O) groups is 1. The number of aromatic nitrogens is 2. The molecule has 3 heterocycles. The number of H-pyrrole nitrogens is 1. The molecule has 0 spiro atoms. The van der Waals surface area contributed by atoms with E-state index in [4.69, 9.17) is 14.2 Å². The number of aryl methyl sites for hydroxylation is 1. The van der Waals surface area contributed by atoms with Crippen molar-refractivity contribution in [2.45, 2.75) is 57.1 Å². The highest BCUT2D eigenvalue weighted by molar-refractivity contribution is 5.70. The number of nitrogens with zero attached hydrogens (tertiary/aromatic N) is 1. The highest BCUT2D eigenvalue weighted by Crippen LogP contribution is 2.35. The molecule has 1 aromatic rings. The number of ether oxygens (including phenoxy) is 3. The third-order valence-corrected chi connectivity index (χ3v) is 4.64. The lowest BCUT2D eigenvalue weighted by Crippen LogP contribution is -2.34. The van der Waals surface area contributed by atoms with Crippen LogP contribution in [0.15, 0.2) is 27.9 Å². The van der Waals surface area contributed by atoms with Crippen LogP contribution >= 0.6 is 0 Å². The molecule has 0 saturated carbocycles. The molecule has 0 radical (unpaired) electrons. The Morgan fingerprint density at radius 1 is 1.41 bits per heavy atom. The summed E-state index contributed by atoms with van der Waals surface area (Å²) in [6.07, 6.45) is 3.99. The number of nitrogens with one attached hydrogen (secondary N) is 1. The second-order valence-corrected chi connectivity index (χ2v) is 7.70. The first kappa shape index (κ1) is 19.5. The van der Waals surface area contributed by atoms with Gasteiger partial charge in [-0.05, 0) is 26.8 Å². The first-order valence-corrected chi connectivity index (χ1v) is 8.75. The van der Waals surface area contributed by atoms with Crippen LogP contribution in [0.1, 0.15) is 38.5 Å². The summed E-state index contributed by atoms with van der Waals surface area (Å²) in [5.41, 5.74) is -2.32. The zero-order chi connectivity index (χ0) is 19.8. The fourth-order valence-corrected chi connectivity index (χ4v) is 3.40. The molecule has 1 unspecified atom stereocenters. The molecule has 0 aromatic carbocycles. The van der Waals surface area contributed by atoms with Gasteiger partial charge in [0.15, 0.2) is 6.23 Å². The second kappa shape index (κ2) is 7.06. The van der Waals surface area contributed by atoms with Crippen LogP contribution in [-0.4, -0.2) is 51.1 Å². The topological polar surface area (TPSA) is 120 Å². The molecule has 27 heavy (non-hydrogen) atoms. The SMILES string of the molecule is Cc1cn([C@H]2C=C[C@@H](COC(=O)CC3(C)C[C@](C)(O)CO3)O2)c(=O)[nH]c1=O. The maximum atomic E-state index is 12.1. The zero-order valence-electron chi connectivity index (χ0n) is 15.6. The average Bonchev–Trinajstić information content (AvgIpc) is 3.13. The van der Waals surface area contributed by atoms with Gasteiger partial charge in [-0.2, -0.15) is 0 Å². The molecule has 1 fully saturated rings. The van der Waals surface area contributed by atoms with Crippen LogP contribution in [0.2, 0.25) is 0 Å². The summed E-state index contributed by atoms with van der Waals surface area (Å²) in [6, 6.07) is 0. The van der Waals surface area contributed by atoms with Crippen molar-refractivity contribution in [3.8, 4) is 0 Å². The summed E-state index contributed by atoms with van der Waals surface area (Å²) in [4.78, 5) is 37.7. The monoisotopic (exact) mass is 380 g/mol. The van der Waals surface area contributed by atoms with E-state index in [2.05, 4.69) is 4.98 Å². The number of rotatable bonds is 5. The Labute approximate surface area is 155 Å². The van der Waals surface area contributed by atoms with E-state index in [9.17, 15) is 19.5 Å². The molecule has 1 aromatic heterocycles. The fourth-order valence-electron chi connectivity index (χ4n) is 3.40. The Balaban J connectivity index is 1.52.